The van der Waals surface area contributed by atoms with Crippen LogP contribution in [0.1, 0.15) is 16.0 Å². The van der Waals surface area contributed by atoms with E-state index in [1.54, 1.807) is 31.4 Å². The highest BCUT2D eigenvalue weighted by atomic mass is 32.1. The van der Waals surface area contributed by atoms with Crippen LogP contribution in [0.3, 0.4) is 0 Å². The zero-order valence-electron chi connectivity index (χ0n) is 20.0. The lowest BCUT2D eigenvalue weighted by Gasteiger charge is -2.29. The van der Waals surface area contributed by atoms with Gasteiger partial charge in [-0.25, -0.2) is 4.79 Å². The summed E-state index contributed by atoms with van der Waals surface area (Å²) in [7, 11) is 1.56. The Labute approximate surface area is 213 Å². The molecule has 188 valence electrons. The minimum absolute atomic E-state index is 0.175. The maximum atomic E-state index is 13.4. The number of carbonyl (C=O) groups is 3. The Balaban J connectivity index is 1.50. The first-order valence-corrected chi connectivity index (χ1v) is 12.5. The van der Waals surface area contributed by atoms with Gasteiger partial charge in [-0.05, 0) is 46.8 Å². The largest absolute Gasteiger partial charge is 0.497 e. The highest BCUT2D eigenvalue weighted by Gasteiger charge is 2.42. The van der Waals surface area contributed by atoms with Gasteiger partial charge in [-0.2, -0.15) is 0 Å². The molecule has 0 radical (unpaired) electrons. The number of hydrogen-bond donors (Lipinski definition) is 3. The van der Waals surface area contributed by atoms with E-state index in [1.807, 2.05) is 41.8 Å². The van der Waals surface area contributed by atoms with Gasteiger partial charge >= 0.3 is 6.03 Å². The van der Waals surface area contributed by atoms with Crippen molar-refractivity contribution in [1.82, 2.24) is 15.1 Å². The summed E-state index contributed by atoms with van der Waals surface area (Å²) >= 11 is 1.48. The standard InChI is InChI=1S/C26H29N5O4S/c1-35-21-9-7-20(8-10-21)29-26(34)31-12-11-30(23(32)15-22-6-3-13-36-22)25(31)24(33)28-17-19-5-2-4-18(14-19)16-27/h2-10,13-14,25H,11-12,15-17,27H2,1H3,(H,28,33)(H,29,34). The molecule has 1 aromatic heterocycles. The van der Waals surface area contributed by atoms with Crippen LogP contribution in [-0.4, -0.2) is 54.0 Å². The van der Waals surface area contributed by atoms with E-state index in [4.69, 9.17) is 10.5 Å². The fourth-order valence-corrected chi connectivity index (χ4v) is 4.76. The third-order valence-electron chi connectivity index (χ3n) is 5.93. The van der Waals surface area contributed by atoms with Crippen LogP contribution >= 0.6 is 11.3 Å². The lowest BCUT2D eigenvalue weighted by Crippen LogP contribution is -2.54. The first kappa shape index (κ1) is 25.2. The van der Waals surface area contributed by atoms with Gasteiger partial charge in [0.25, 0.3) is 5.91 Å². The first-order valence-electron chi connectivity index (χ1n) is 11.6. The Morgan fingerprint density at radius 3 is 2.47 bits per heavy atom. The van der Waals surface area contributed by atoms with E-state index in [1.165, 1.54) is 21.1 Å². The summed E-state index contributed by atoms with van der Waals surface area (Å²) in [5.74, 6) is 0.0352. The average Bonchev–Trinajstić information content (AvgIpc) is 3.58. The van der Waals surface area contributed by atoms with E-state index < -0.39 is 18.1 Å². The summed E-state index contributed by atoms with van der Waals surface area (Å²) < 4.78 is 5.16. The number of hydrogen-bond acceptors (Lipinski definition) is 6. The van der Waals surface area contributed by atoms with Gasteiger partial charge in [-0.15, -0.1) is 11.3 Å². The number of ether oxygens (including phenoxy) is 1. The molecule has 2 aromatic carbocycles. The second-order valence-electron chi connectivity index (χ2n) is 8.31. The first-order chi connectivity index (χ1) is 17.5. The van der Waals surface area contributed by atoms with Crippen molar-refractivity contribution < 1.29 is 19.1 Å². The van der Waals surface area contributed by atoms with E-state index in [9.17, 15) is 14.4 Å². The van der Waals surface area contributed by atoms with Crippen LogP contribution in [0, 0.1) is 0 Å². The molecular formula is C26H29N5O4S. The number of nitrogens with one attached hydrogen (secondary N) is 2. The summed E-state index contributed by atoms with van der Waals surface area (Å²) in [6, 6.07) is 17.8. The van der Waals surface area contributed by atoms with Crippen LogP contribution in [0.15, 0.2) is 66.0 Å². The Morgan fingerprint density at radius 1 is 1.03 bits per heavy atom. The SMILES string of the molecule is COc1ccc(NC(=O)N2CCN(C(=O)Cc3cccs3)C2C(=O)NCc2cccc(CN)c2)cc1. The van der Waals surface area contributed by atoms with Crippen molar-refractivity contribution in [3.05, 3.63) is 82.0 Å². The molecule has 2 heterocycles. The van der Waals surface area contributed by atoms with Crippen molar-refractivity contribution in [2.24, 2.45) is 5.73 Å². The van der Waals surface area contributed by atoms with Crippen LogP contribution in [-0.2, 0) is 29.1 Å². The van der Waals surface area contributed by atoms with Crippen molar-refractivity contribution in [3.63, 3.8) is 0 Å². The monoisotopic (exact) mass is 507 g/mol. The molecule has 10 heteroatoms. The van der Waals surface area contributed by atoms with Crippen molar-refractivity contribution in [1.29, 1.82) is 0 Å². The maximum absolute atomic E-state index is 13.4. The molecule has 1 fully saturated rings. The lowest BCUT2D eigenvalue weighted by atomic mass is 10.1. The highest BCUT2D eigenvalue weighted by molar-refractivity contribution is 7.10. The fraction of sp³-hybridized carbons (Fsp3) is 0.269. The molecule has 4 amide bonds. The molecule has 9 nitrogen and oxygen atoms in total. The summed E-state index contributed by atoms with van der Waals surface area (Å²) in [5.41, 5.74) is 8.12. The number of carbonyl (C=O) groups excluding carboxylic acids is 3. The molecule has 1 atom stereocenters. The Bertz CT molecular complexity index is 1200. The van der Waals surface area contributed by atoms with Gasteiger partial charge in [0.05, 0.1) is 13.5 Å². The third kappa shape index (κ3) is 6.02. The number of rotatable bonds is 8. The normalized spacial score (nSPS) is 15.0. The second-order valence-corrected chi connectivity index (χ2v) is 9.34. The summed E-state index contributed by atoms with van der Waals surface area (Å²) in [5, 5.41) is 7.61. The third-order valence-corrected chi connectivity index (χ3v) is 6.81. The van der Waals surface area contributed by atoms with Crippen molar-refractivity contribution >= 4 is 34.9 Å². The van der Waals surface area contributed by atoms with Crippen LogP contribution in [0.5, 0.6) is 5.75 Å². The van der Waals surface area contributed by atoms with Crippen LogP contribution < -0.4 is 21.1 Å². The molecule has 4 N–H and O–H groups in total. The fourth-order valence-electron chi connectivity index (χ4n) is 4.07. The Hall–Kier alpha value is -3.89. The van der Waals surface area contributed by atoms with Gasteiger partial charge in [0.1, 0.15) is 5.75 Å². The molecule has 4 rings (SSSR count). The number of anilines is 1. The predicted molar refractivity (Wildman–Crippen MR) is 138 cm³/mol. The molecule has 36 heavy (non-hydrogen) atoms. The molecule has 1 saturated heterocycles. The lowest BCUT2D eigenvalue weighted by molar-refractivity contribution is -0.140. The topological polar surface area (TPSA) is 117 Å². The van der Waals surface area contributed by atoms with Crippen molar-refractivity contribution in [2.75, 3.05) is 25.5 Å². The van der Waals surface area contributed by atoms with E-state index in [2.05, 4.69) is 10.6 Å². The molecule has 0 bridgehead atoms. The minimum atomic E-state index is -1.06. The quantitative estimate of drug-likeness (QED) is 0.434. The zero-order chi connectivity index (χ0) is 25.5. The zero-order valence-corrected chi connectivity index (χ0v) is 20.8. The number of amides is 4. The number of methoxy groups -OCH3 is 1. The summed E-state index contributed by atoms with van der Waals surface area (Å²) in [6.45, 7) is 1.15. The molecule has 3 aromatic rings. The molecule has 1 aliphatic heterocycles. The molecule has 1 unspecified atom stereocenters. The van der Waals surface area contributed by atoms with Crippen LogP contribution in [0.4, 0.5) is 10.5 Å². The smallest absolute Gasteiger partial charge is 0.323 e. The van der Waals surface area contributed by atoms with Crippen molar-refractivity contribution in [2.45, 2.75) is 25.7 Å². The molecule has 0 saturated carbocycles. The number of nitrogens with zero attached hydrogens (tertiary/aromatic N) is 2. The van der Waals surface area contributed by atoms with Gasteiger partial charge in [-0.1, -0.05) is 30.3 Å². The molecule has 0 spiro atoms. The Morgan fingerprint density at radius 2 is 1.78 bits per heavy atom. The van der Waals surface area contributed by atoms with Gasteiger partial charge < -0.3 is 26.0 Å². The predicted octanol–water partition coefficient (Wildman–Crippen LogP) is 2.78. The van der Waals surface area contributed by atoms with Gasteiger partial charge in [0, 0.05) is 36.7 Å². The molecular weight excluding hydrogens is 478 g/mol. The van der Waals surface area contributed by atoms with E-state index in [0.29, 0.717) is 18.0 Å². The minimum Gasteiger partial charge on any atom is -0.497 e. The van der Waals surface area contributed by atoms with Crippen LogP contribution in [0.25, 0.3) is 0 Å². The van der Waals surface area contributed by atoms with E-state index in [0.717, 1.165) is 16.0 Å². The van der Waals surface area contributed by atoms with Gasteiger partial charge in [0.2, 0.25) is 5.91 Å². The van der Waals surface area contributed by atoms with E-state index in [-0.39, 0.29) is 32.0 Å². The summed E-state index contributed by atoms with van der Waals surface area (Å²) in [6.07, 6.45) is -0.887. The maximum Gasteiger partial charge on any atom is 0.323 e. The van der Waals surface area contributed by atoms with Gasteiger partial charge in [0.15, 0.2) is 6.17 Å². The number of urea groups is 1. The van der Waals surface area contributed by atoms with E-state index >= 15 is 0 Å². The second kappa shape index (κ2) is 11.7. The molecule has 1 aliphatic rings. The highest BCUT2D eigenvalue weighted by Crippen LogP contribution is 2.21. The van der Waals surface area contributed by atoms with Crippen molar-refractivity contribution in [3.8, 4) is 5.75 Å². The average molecular weight is 508 g/mol. The number of benzene rings is 2. The molecule has 0 aliphatic carbocycles. The van der Waals surface area contributed by atoms with Crippen LogP contribution in [0.2, 0.25) is 0 Å². The summed E-state index contributed by atoms with van der Waals surface area (Å²) in [4.78, 5) is 43.5. The van der Waals surface area contributed by atoms with Gasteiger partial charge in [-0.3, -0.25) is 14.5 Å². The number of nitrogens with two attached hydrogens (primary N) is 1. The number of thiophene rings is 1. The Kier molecular flexibility index (Phi) is 8.19.